The summed E-state index contributed by atoms with van der Waals surface area (Å²) >= 11 is 0. The average Bonchev–Trinajstić information content (AvgIpc) is 3.43. The number of unbranched alkanes of at least 4 members (excludes halogenated alkanes) is 42. The molecule has 0 fully saturated rings. The summed E-state index contributed by atoms with van der Waals surface area (Å²) in [6, 6.07) is 0. The normalized spacial score (nSPS) is 13.3. The zero-order valence-corrected chi connectivity index (χ0v) is 52.1. The molecule has 78 heavy (non-hydrogen) atoms. The highest BCUT2D eigenvalue weighted by Crippen LogP contribution is 2.43. The standard InChI is InChI=1S/C66H125O11P/c1-4-7-10-13-16-19-22-25-28-30-31-33-36-39-42-45-48-51-54-57-66(70)77-63(59-73-64(68)55-52-49-46-43-40-37-35-32-29-26-23-20-17-14-11-8-5-2)61-75-78(71,72)74-60-62(58-67)76-65(69)56-53-50-47-44-41-38-34-27-24-21-18-15-12-9-6-3/h17,20,26,29,62-63,67H,4-16,18-19,21-25,27-28,30-61H2,1-3H3,(H,71,72)/b20-17-,29-26-. The number of aliphatic hydroxyl groups excluding tert-OH is 1. The number of hydrogen-bond donors (Lipinski definition) is 2. The van der Waals surface area contributed by atoms with Crippen molar-refractivity contribution in [1.29, 1.82) is 0 Å². The first kappa shape index (κ1) is 76.0. The van der Waals surface area contributed by atoms with E-state index in [2.05, 4.69) is 45.1 Å². The summed E-state index contributed by atoms with van der Waals surface area (Å²) in [5.74, 6) is -1.44. The maximum absolute atomic E-state index is 13.0. The molecule has 0 heterocycles. The Balaban J connectivity index is 4.65. The van der Waals surface area contributed by atoms with E-state index in [0.717, 1.165) is 70.6 Å². The number of hydrogen-bond acceptors (Lipinski definition) is 10. The summed E-state index contributed by atoms with van der Waals surface area (Å²) in [7, 11) is -4.75. The van der Waals surface area contributed by atoms with Crippen LogP contribution in [-0.2, 0) is 42.2 Å². The monoisotopic (exact) mass is 1120 g/mol. The fraction of sp³-hybridized carbons (Fsp3) is 0.894. The largest absolute Gasteiger partial charge is 0.472 e. The first-order chi connectivity index (χ1) is 38.2. The lowest BCUT2D eigenvalue weighted by Crippen LogP contribution is -2.30. The van der Waals surface area contributed by atoms with Gasteiger partial charge in [-0.3, -0.25) is 23.4 Å². The van der Waals surface area contributed by atoms with Gasteiger partial charge in [0, 0.05) is 19.3 Å². The molecule has 0 aliphatic rings. The van der Waals surface area contributed by atoms with Gasteiger partial charge in [0.15, 0.2) is 6.10 Å². The Morgan fingerprint density at radius 1 is 0.359 bits per heavy atom. The Morgan fingerprint density at radius 2 is 0.628 bits per heavy atom. The maximum atomic E-state index is 13.0. The fourth-order valence-corrected chi connectivity index (χ4v) is 10.6. The molecule has 0 aromatic heterocycles. The van der Waals surface area contributed by atoms with Gasteiger partial charge >= 0.3 is 25.7 Å². The Bertz CT molecular complexity index is 1400. The van der Waals surface area contributed by atoms with Gasteiger partial charge in [-0.05, 0) is 51.4 Å². The van der Waals surface area contributed by atoms with Crippen LogP contribution < -0.4 is 0 Å². The van der Waals surface area contributed by atoms with Gasteiger partial charge in [-0.2, -0.15) is 0 Å². The van der Waals surface area contributed by atoms with Crippen LogP contribution in [0.5, 0.6) is 0 Å². The second-order valence-corrected chi connectivity index (χ2v) is 24.1. The molecule has 3 unspecified atom stereocenters. The topological polar surface area (TPSA) is 155 Å². The first-order valence-corrected chi connectivity index (χ1v) is 34.7. The Kier molecular flexibility index (Phi) is 59.4. The van der Waals surface area contributed by atoms with E-state index in [-0.39, 0.29) is 25.9 Å². The molecule has 0 aromatic rings. The average molecular weight is 1130 g/mol. The summed E-state index contributed by atoms with van der Waals surface area (Å²) in [6.07, 6.45) is 64.1. The minimum absolute atomic E-state index is 0.174. The van der Waals surface area contributed by atoms with Crippen molar-refractivity contribution in [2.24, 2.45) is 0 Å². The Labute approximate surface area is 480 Å². The van der Waals surface area contributed by atoms with Crippen molar-refractivity contribution in [1.82, 2.24) is 0 Å². The van der Waals surface area contributed by atoms with E-state index in [1.165, 1.54) is 212 Å². The summed E-state index contributed by atoms with van der Waals surface area (Å²) in [5.41, 5.74) is 0. The van der Waals surface area contributed by atoms with Crippen LogP contribution in [0.15, 0.2) is 24.3 Å². The summed E-state index contributed by atoms with van der Waals surface area (Å²) in [4.78, 5) is 48.8. The van der Waals surface area contributed by atoms with Gasteiger partial charge in [-0.1, -0.05) is 295 Å². The summed E-state index contributed by atoms with van der Waals surface area (Å²) in [5, 5.41) is 9.85. The smallest absolute Gasteiger partial charge is 0.462 e. The Morgan fingerprint density at radius 3 is 0.974 bits per heavy atom. The van der Waals surface area contributed by atoms with Gasteiger partial charge in [-0.25, -0.2) is 4.57 Å². The van der Waals surface area contributed by atoms with Crippen molar-refractivity contribution in [3.8, 4) is 0 Å². The highest BCUT2D eigenvalue weighted by Gasteiger charge is 2.28. The zero-order valence-electron chi connectivity index (χ0n) is 51.2. The van der Waals surface area contributed by atoms with E-state index in [1.54, 1.807) is 0 Å². The lowest BCUT2D eigenvalue weighted by atomic mass is 10.0. The van der Waals surface area contributed by atoms with E-state index >= 15 is 0 Å². The molecule has 0 aliphatic heterocycles. The number of rotatable bonds is 63. The third-order valence-corrected chi connectivity index (χ3v) is 15.8. The molecule has 0 bridgehead atoms. The second-order valence-electron chi connectivity index (χ2n) is 22.7. The number of ether oxygens (including phenoxy) is 3. The van der Waals surface area contributed by atoms with Gasteiger partial charge in [0.1, 0.15) is 12.7 Å². The van der Waals surface area contributed by atoms with Crippen LogP contribution in [0.2, 0.25) is 0 Å². The third-order valence-electron chi connectivity index (χ3n) is 14.9. The van der Waals surface area contributed by atoms with Crippen molar-refractivity contribution in [2.75, 3.05) is 26.4 Å². The predicted octanol–water partition coefficient (Wildman–Crippen LogP) is 20.2. The molecule has 11 nitrogen and oxygen atoms in total. The van der Waals surface area contributed by atoms with Crippen LogP contribution in [0.1, 0.15) is 342 Å². The Hall–Kier alpha value is -2.04. The molecule has 0 spiro atoms. The van der Waals surface area contributed by atoms with Crippen LogP contribution in [0.25, 0.3) is 0 Å². The van der Waals surface area contributed by atoms with Crippen molar-refractivity contribution in [3.63, 3.8) is 0 Å². The number of phosphoric acid groups is 1. The van der Waals surface area contributed by atoms with Crippen molar-refractivity contribution >= 4 is 25.7 Å². The minimum Gasteiger partial charge on any atom is -0.462 e. The molecule has 2 N–H and O–H groups in total. The van der Waals surface area contributed by atoms with Gasteiger partial charge in [0.05, 0.1) is 19.8 Å². The molecule has 0 saturated carbocycles. The van der Waals surface area contributed by atoms with Crippen LogP contribution in [0.4, 0.5) is 0 Å². The van der Waals surface area contributed by atoms with E-state index < -0.39 is 57.8 Å². The van der Waals surface area contributed by atoms with Gasteiger partial charge in [-0.15, -0.1) is 0 Å². The van der Waals surface area contributed by atoms with Gasteiger partial charge in [0.2, 0.25) is 0 Å². The number of carbonyl (C=O) groups excluding carboxylic acids is 3. The molecule has 0 radical (unpaired) electrons. The molecular weight excluding hydrogens is 1000 g/mol. The van der Waals surface area contributed by atoms with E-state index in [4.69, 9.17) is 23.3 Å². The summed E-state index contributed by atoms with van der Waals surface area (Å²) < 4.78 is 39.7. The maximum Gasteiger partial charge on any atom is 0.472 e. The van der Waals surface area contributed by atoms with Crippen molar-refractivity contribution in [3.05, 3.63) is 24.3 Å². The van der Waals surface area contributed by atoms with E-state index in [0.29, 0.717) is 19.3 Å². The summed E-state index contributed by atoms with van der Waals surface area (Å²) in [6.45, 7) is 4.70. The lowest BCUT2D eigenvalue weighted by molar-refractivity contribution is -0.161. The van der Waals surface area contributed by atoms with E-state index in [9.17, 15) is 28.9 Å². The lowest BCUT2D eigenvalue weighted by Gasteiger charge is -2.21. The third kappa shape index (κ3) is 58.6. The molecule has 0 saturated heterocycles. The quantitative estimate of drug-likeness (QED) is 0.0197. The van der Waals surface area contributed by atoms with Crippen LogP contribution in [0.3, 0.4) is 0 Å². The highest BCUT2D eigenvalue weighted by molar-refractivity contribution is 7.47. The molecule has 0 aliphatic carbocycles. The number of aliphatic hydroxyl groups is 1. The molecule has 0 aromatic carbocycles. The van der Waals surface area contributed by atoms with Crippen molar-refractivity contribution < 1.29 is 52.2 Å². The van der Waals surface area contributed by atoms with Crippen molar-refractivity contribution in [2.45, 2.75) is 354 Å². The first-order valence-electron chi connectivity index (χ1n) is 33.2. The molecular formula is C66H125O11P. The highest BCUT2D eigenvalue weighted by atomic mass is 31.2. The minimum atomic E-state index is -4.75. The molecule has 12 heteroatoms. The van der Waals surface area contributed by atoms with Gasteiger partial charge < -0.3 is 24.2 Å². The molecule has 0 rings (SSSR count). The number of esters is 3. The number of phosphoric ester groups is 1. The number of carbonyl (C=O) groups is 3. The number of allylic oxidation sites excluding steroid dienone is 4. The second kappa shape index (κ2) is 61.0. The molecule has 0 amide bonds. The zero-order chi connectivity index (χ0) is 56.9. The molecule has 460 valence electrons. The predicted molar refractivity (Wildman–Crippen MR) is 326 cm³/mol. The molecule has 3 atom stereocenters. The SMILES string of the molecule is CCCCC/C=C\C/C=C\CCCCCCCCCC(=O)OCC(COP(=O)(O)OCC(CO)OC(=O)CCCCCCCCCCCCCCCCC)OC(=O)CCCCCCCCCCCCCCCCCCCCC. The van der Waals surface area contributed by atoms with Crippen LogP contribution in [0, 0.1) is 0 Å². The van der Waals surface area contributed by atoms with E-state index in [1.807, 2.05) is 0 Å². The van der Waals surface area contributed by atoms with Crippen LogP contribution in [-0.4, -0.2) is 66.5 Å². The van der Waals surface area contributed by atoms with Crippen LogP contribution >= 0.6 is 7.82 Å². The fourth-order valence-electron chi connectivity index (χ4n) is 9.80. The van der Waals surface area contributed by atoms with Gasteiger partial charge in [0.25, 0.3) is 0 Å².